The molecule has 196 valence electrons. The molecule has 3 fully saturated rings. The summed E-state index contributed by atoms with van der Waals surface area (Å²) in [5, 5.41) is 3.95. The number of piperidine rings is 1. The minimum atomic E-state index is -0.663. The van der Waals surface area contributed by atoms with Crippen molar-refractivity contribution in [2.45, 2.75) is 50.9 Å². The van der Waals surface area contributed by atoms with E-state index in [-0.39, 0.29) is 24.3 Å². The fourth-order valence-electron chi connectivity index (χ4n) is 6.11. The molecular weight excluding hydrogens is 506 g/mol. The molecule has 3 amide bonds. The number of amides is 3. The molecule has 0 saturated carbocycles. The number of nitrogens with one attached hydrogen (secondary N) is 1. The van der Waals surface area contributed by atoms with E-state index in [2.05, 4.69) is 33.1 Å². The number of hydrogen-bond acceptors (Lipinski definition) is 6. The number of pyridine rings is 1. The van der Waals surface area contributed by atoms with E-state index in [1.54, 1.807) is 11.0 Å². The Balaban J connectivity index is 1.28. The van der Waals surface area contributed by atoms with Gasteiger partial charge in [-0.15, -0.1) is 0 Å². The van der Waals surface area contributed by atoms with Crippen LogP contribution in [0.25, 0.3) is 22.3 Å². The highest BCUT2D eigenvalue weighted by Crippen LogP contribution is 2.38. The molecule has 0 bridgehead atoms. The second-order valence-corrected chi connectivity index (χ2v) is 11.1. The molecule has 6 heterocycles. The molecule has 10 heteroatoms. The smallest absolute Gasteiger partial charge is 0.255 e. The lowest BCUT2D eigenvalue weighted by Gasteiger charge is -2.29. The van der Waals surface area contributed by atoms with E-state index in [1.807, 2.05) is 6.07 Å². The number of nitrogens with zero attached hydrogens (tertiary/aromatic N) is 4. The molecule has 7 rings (SSSR count). The molecule has 4 aliphatic rings. The molecular formula is C28H28ClN5O4. The van der Waals surface area contributed by atoms with Crippen LogP contribution < -0.4 is 5.32 Å². The van der Waals surface area contributed by atoms with Crippen LogP contribution >= 0.6 is 11.6 Å². The molecule has 3 aromatic rings. The number of benzene rings is 1. The Morgan fingerprint density at radius 1 is 1.08 bits per heavy atom. The van der Waals surface area contributed by atoms with E-state index in [4.69, 9.17) is 21.3 Å². The highest BCUT2D eigenvalue weighted by atomic mass is 35.5. The molecule has 4 aliphatic heterocycles. The van der Waals surface area contributed by atoms with Crippen LogP contribution in [-0.2, 0) is 27.4 Å². The zero-order valence-electron chi connectivity index (χ0n) is 20.9. The van der Waals surface area contributed by atoms with Gasteiger partial charge in [0.1, 0.15) is 11.7 Å². The standard InChI is InChI=1S/C28H28ClN5O4/c29-22-11-20-16(13-34(28(20)37)24-3-4-25(35)31-27(24)36)9-21(22)23-10-17(12-32-6-1-2-7-32)19-5-8-33(26(19)30-23)18-14-38-15-18/h5,8-11,18,24H,1-4,6-7,12-15H2,(H,31,35,36). The average molecular weight is 534 g/mol. The second kappa shape index (κ2) is 9.18. The van der Waals surface area contributed by atoms with Gasteiger partial charge in [0.2, 0.25) is 11.8 Å². The first kappa shape index (κ1) is 23.8. The number of carbonyl (C=O) groups is 3. The molecule has 38 heavy (non-hydrogen) atoms. The quantitative estimate of drug-likeness (QED) is 0.506. The fourth-order valence-corrected chi connectivity index (χ4v) is 6.37. The van der Waals surface area contributed by atoms with Crippen LogP contribution in [0.3, 0.4) is 0 Å². The number of aromatic nitrogens is 2. The SMILES string of the molecule is O=C1CCC(N2Cc3cc(-c4cc(CN5CCCC5)c5ccn(C6COC6)c5n4)c(Cl)cc3C2=O)C(=O)N1. The number of fused-ring (bicyclic) bond motifs is 2. The van der Waals surface area contributed by atoms with Crippen LogP contribution in [0.4, 0.5) is 0 Å². The Morgan fingerprint density at radius 2 is 1.89 bits per heavy atom. The van der Waals surface area contributed by atoms with Gasteiger partial charge in [-0.2, -0.15) is 0 Å². The molecule has 3 saturated heterocycles. The highest BCUT2D eigenvalue weighted by molar-refractivity contribution is 6.33. The van der Waals surface area contributed by atoms with Gasteiger partial charge in [-0.3, -0.25) is 24.6 Å². The van der Waals surface area contributed by atoms with E-state index >= 15 is 0 Å². The Bertz CT molecular complexity index is 1490. The third kappa shape index (κ3) is 3.92. The van der Waals surface area contributed by atoms with Crippen LogP contribution in [0.1, 0.15) is 53.2 Å². The summed E-state index contributed by atoms with van der Waals surface area (Å²) < 4.78 is 7.65. The first-order valence-electron chi connectivity index (χ1n) is 13.2. The number of rotatable bonds is 5. The van der Waals surface area contributed by atoms with Gasteiger partial charge in [0.05, 0.1) is 30.0 Å². The number of likely N-dealkylation sites (tertiary alicyclic amines) is 1. The number of hydrogen-bond donors (Lipinski definition) is 1. The summed E-state index contributed by atoms with van der Waals surface area (Å²) in [6.45, 7) is 4.68. The Kier molecular flexibility index (Phi) is 5.76. The van der Waals surface area contributed by atoms with E-state index < -0.39 is 11.9 Å². The summed E-state index contributed by atoms with van der Waals surface area (Å²) in [6, 6.07) is 7.52. The molecule has 0 radical (unpaired) electrons. The summed E-state index contributed by atoms with van der Waals surface area (Å²) in [4.78, 5) is 46.4. The van der Waals surface area contributed by atoms with Gasteiger partial charge in [-0.1, -0.05) is 11.6 Å². The third-order valence-electron chi connectivity index (χ3n) is 8.26. The normalized spacial score (nSPS) is 22.3. The maximum atomic E-state index is 13.2. The Labute approximate surface area is 224 Å². The lowest BCUT2D eigenvalue weighted by Crippen LogP contribution is -2.52. The molecule has 1 atom stereocenters. The average Bonchev–Trinajstić information content (AvgIpc) is 3.59. The van der Waals surface area contributed by atoms with Crippen molar-refractivity contribution in [3.8, 4) is 11.3 Å². The van der Waals surface area contributed by atoms with Crippen molar-refractivity contribution >= 4 is 40.4 Å². The Morgan fingerprint density at radius 3 is 2.63 bits per heavy atom. The van der Waals surface area contributed by atoms with Crippen LogP contribution in [0.15, 0.2) is 30.5 Å². The van der Waals surface area contributed by atoms with Crippen molar-refractivity contribution in [2.24, 2.45) is 0 Å². The van der Waals surface area contributed by atoms with Crippen molar-refractivity contribution in [2.75, 3.05) is 26.3 Å². The van der Waals surface area contributed by atoms with Crippen molar-refractivity contribution in [1.29, 1.82) is 0 Å². The topological polar surface area (TPSA) is 96.8 Å². The molecule has 9 nitrogen and oxygen atoms in total. The monoisotopic (exact) mass is 533 g/mol. The van der Waals surface area contributed by atoms with Crippen LogP contribution in [-0.4, -0.2) is 69.4 Å². The van der Waals surface area contributed by atoms with Gasteiger partial charge in [0.15, 0.2) is 0 Å². The molecule has 1 N–H and O–H groups in total. The zero-order valence-corrected chi connectivity index (χ0v) is 21.7. The van der Waals surface area contributed by atoms with Gasteiger partial charge in [0.25, 0.3) is 5.91 Å². The van der Waals surface area contributed by atoms with E-state index in [0.29, 0.717) is 36.8 Å². The summed E-state index contributed by atoms with van der Waals surface area (Å²) in [5.74, 6) is -0.960. The van der Waals surface area contributed by atoms with E-state index in [0.717, 1.165) is 47.5 Å². The zero-order chi connectivity index (χ0) is 26.0. The van der Waals surface area contributed by atoms with E-state index in [9.17, 15) is 14.4 Å². The summed E-state index contributed by atoms with van der Waals surface area (Å²) in [6.07, 6.45) is 5.08. The largest absolute Gasteiger partial charge is 0.377 e. The first-order valence-corrected chi connectivity index (χ1v) is 13.6. The lowest BCUT2D eigenvalue weighted by molar-refractivity contribution is -0.136. The summed E-state index contributed by atoms with van der Waals surface area (Å²) >= 11 is 6.81. The third-order valence-corrected chi connectivity index (χ3v) is 8.58. The van der Waals surface area contributed by atoms with Crippen LogP contribution in [0.5, 0.6) is 0 Å². The van der Waals surface area contributed by atoms with Crippen molar-refractivity contribution < 1.29 is 19.1 Å². The minimum absolute atomic E-state index is 0.220. The maximum Gasteiger partial charge on any atom is 0.255 e. The van der Waals surface area contributed by atoms with Gasteiger partial charge < -0.3 is 14.2 Å². The van der Waals surface area contributed by atoms with Crippen LogP contribution in [0.2, 0.25) is 5.02 Å². The number of ether oxygens (including phenoxy) is 1. The highest BCUT2D eigenvalue weighted by Gasteiger charge is 2.39. The Hall–Kier alpha value is -3.27. The van der Waals surface area contributed by atoms with Gasteiger partial charge >= 0.3 is 0 Å². The van der Waals surface area contributed by atoms with Gasteiger partial charge in [0, 0.05) is 42.2 Å². The van der Waals surface area contributed by atoms with Crippen molar-refractivity contribution in [3.05, 3.63) is 52.2 Å². The first-order chi connectivity index (χ1) is 18.5. The molecule has 0 aliphatic carbocycles. The lowest BCUT2D eigenvalue weighted by atomic mass is 10.0. The van der Waals surface area contributed by atoms with Gasteiger partial charge in [-0.05, 0) is 67.7 Å². The molecule has 1 aromatic carbocycles. The maximum absolute atomic E-state index is 13.2. The minimum Gasteiger partial charge on any atom is -0.377 e. The molecule has 1 unspecified atom stereocenters. The molecule has 0 spiro atoms. The number of carbonyl (C=O) groups excluding carboxylic acids is 3. The van der Waals surface area contributed by atoms with Crippen molar-refractivity contribution in [1.82, 2.24) is 24.7 Å². The predicted molar refractivity (Wildman–Crippen MR) is 141 cm³/mol. The predicted octanol–water partition coefficient (Wildman–Crippen LogP) is 3.28. The van der Waals surface area contributed by atoms with Gasteiger partial charge in [-0.25, -0.2) is 4.98 Å². The fraction of sp³-hybridized carbons (Fsp3) is 0.429. The second-order valence-electron chi connectivity index (χ2n) is 10.7. The van der Waals surface area contributed by atoms with Crippen LogP contribution in [0, 0.1) is 0 Å². The van der Waals surface area contributed by atoms with Crippen molar-refractivity contribution in [3.63, 3.8) is 0 Å². The number of imide groups is 1. The molecule has 2 aromatic heterocycles. The summed E-state index contributed by atoms with van der Waals surface area (Å²) in [7, 11) is 0. The summed E-state index contributed by atoms with van der Waals surface area (Å²) in [5.41, 5.74) is 4.98. The van der Waals surface area contributed by atoms with E-state index in [1.165, 1.54) is 18.4 Å². The number of halogens is 1.